The maximum atomic E-state index is 12.6. The van der Waals surface area contributed by atoms with Gasteiger partial charge in [-0.25, -0.2) is 0 Å². The molecule has 0 saturated carbocycles. The molecule has 0 radical (unpaired) electrons. The topological polar surface area (TPSA) is 86.9 Å². The van der Waals surface area contributed by atoms with Crippen molar-refractivity contribution < 1.29 is 14.8 Å². The van der Waals surface area contributed by atoms with Crippen LogP contribution in [0.4, 0.5) is 11.4 Å². The maximum absolute atomic E-state index is 12.6. The van der Waals surface area contributed by atoms with Crippen molar-refractivity contribution >= 4 is 17.2 Å². The number of nitro benzene ring substituents is 1. The van der Waals surface area contributed by atoms with E-state index >= 15 is 0 Å². The number of rotatable bonds is 6. The number of aliphatic hydroxyl groups is 1. The second-order valence-electron chi connectivity index (χ2n) is 6.79. The van der Waals surface area contributed by atoms with Crippen LogP contribution >= 0.6 is 0 Å². The summed E-state index contributed by atoms with van der Waals surface area (Å²) in [6.07, 6.45) is -0.394. The van der Waals surface area contributed by atoms with Crippen LogP contribution in [0.1, 0.15) is 22.8 Å². The Bertz CT molecular complexity index is 815. The van der Waals surface area contributed by atoms with Crippen molar-refractivity contribution in [2.24, 2.45) is 0 Å². The molecule has 3 rings (SSSR count). The maximum Gasteiger partial charge on any atom is 0.293 e. The third-order valence-corrected chi connectivity index (χ3v) is 4.71. The van der Waals surface area contributed by atoms with E-state index < -0.39 is 11.0 Å². The minimum absolute atomic E-state index is 0.0549. The minimum atomic E-state index is -0.431. The SMILES string of the molecule is C[C@@H](O)CN1CCN(c2ccc(C(=O)c3ccccc3)cc2[N+](=O)[O-])CC1. The number of anilines is 1. The van der Waals surface area contributed by atoms with Crippen molar-refractivity contribution in [1.29, 1.82) is 0 Å². The molecular formula is C20H23N3O4. The van der Waals surface area contributed by atoms with Gasteiger partial charge in [0, 0.05) is 49.9 Å². The highest BCUT2D eigenvalue weighted by molar-refractivity contribution is 6.09. The normalized spacial score (nSPS) is 16.1. The highest BCUT2D eigenvalue weighted by atomic mass is 16.6. The summed E-state index contributed by atoms with van der Waals surface area (Å²) in [5.74, 6) is -0.230. The standard InChI is InChI=1S/C20H23N3O4/c1-15(24)14-21-9-11-22(12-10-21)18-8-7-17(13-19(18)23(26)27)20(25)16-5-3-2-4-6-16/h2-8,13,15,24H,9-12,14H2,1H3/t15-/m1/s1. The third kappa shape index (κ3) is 4.50. The Kier molecular flexibility index (Phi) is 5.83. The average molecular weight is 369 g/mol. The van der Waals surface area contributed by atoms with Gasteiger partial charge in [0.1, 0.15) is 5.69 Å². The van der Waals surface area contributed by atoms with Crippen LogP contribution in [0, 0.1) is 10.1 Å². The van der Waals surface area contributed by atoms with Gasteiger partial charge >= 0.3 is 0 Å². The molecule has 1 atom stereocenters. The molecule has 2 aromatic carbocycles. The number of ketones is 1. The highest BCUT2D eigenvalue weighted by Gasteiger charge is 2.25. The molecule has 7 heteroatoms. The molecule has 0 aliphatic carbocycles. The zero-order valence-electron chi connectivity index (χ0n) is 15.2. The largest absolute Gasteiger partial charge is 0.392 e. The van der Waals surface area contributed by atoms with Crippen LogP contribution in [0.3, 0.4) is 0 Å². The van der Waals surface area contributed by atoms with Crippen LogP contribution in [0.25, 0.3) is 0 Å². The van der Waals surface area contributed by atoms with E-state index in [2.05, 4.69) is 4.90 Å². The lowest BCUT2D eigenvalue weighted by atomic mass is 10.0. The van der Waals surface area contributed by atoms with E-state index in [1.807, 2.05) is 11.0 Å². The zero-order chi connectivity index (χ0) is 19.4. The van der Waals surface area contributed by atoms with Crippen LogP contribution in [-0.4, -0.2) is 59.5 Å². The van der Waals surface area contributed by atoms with Crippen LogP contribution < -0.4 is 4.90 Å². The molecule has 1 N–H and O–H groups in total. The Morgan fingerprint density at radius 2 is 1.78 bits per heavy atom. The van der Waals surface area contributed by atoms with Gasteiger partial charge in [-0.05, 0) is 19.1 Å². The predicted molar refractivity (Wildman–Crippen MR) is 103 cm³/mol. The summed E-state index contributed by atoms with van der Waals surface area (Å²) in [5.41, 5.74) is 1.29. The Morgan fingerprint density at radius 3 is 2.37 bits per heavy atom. The summed E-state index contributed by atoms with van der Waals surface area (Å²) in [6.45, 7) is 5.08. The number of hydrogen-bond donors (Lipinski definition) is 1. The number of carbonyl (C=O) groups is 1. The highest BCUT2D eigenvalue weighted by Crippen LogP contribution is 2.31. The van der Waals surface area contributed by atoms with Crippen molar-refractivity contribution in [3.63, 3.8) is 0 Å². The number of aliphatic hydroxyl groups excluding tert-OH is 1. The van der Waals surface area contributed by atoms with Gasteiger partial charge in [0.25, 0.3) is 5.69 Å². The Hall–Kier alpha value is -2.77. The van der Waals surface area contributed by atoms with Crippen LogP contribution in [0.15, 0.2) is 48.5 Å². The lowest BCUT2D eigenvalue weighted by Gasteiger charge is -2.36. The average Bonchev–Trinajstić information content (AvgIpc) is 2.68. The number of carbonyl (C=O) groups excluding carboxylic acids is 1. The minimum Gasteiger partial charge on any atom is -0.392 e. The van der Waals surface area contributed by atoms with E-state index in [1.165, 1.54) is 6.07 Å². The lowest BCUT2D eigenvalue weighted by Crippen LogP contribution is -2.48. The van der Waals surface area contributed by atoms with E-state index in [9.17, 15) is 20.0 Å². The molecule has 0 bridgehead atoms. The Labute approximate surface area is 158 Å². The molecule has 0 unspecified atom stereocenters. The van der Waals surface area contributed by atoms with Gasteiger partial charge in [-0.3, -0.25) is 19.8 Å². The third-order valence-electron chi connectivity index (χ3n) is 4.71. The Morgan fingerprint density at radius 1 is 1.11 bits per heavy atom. The molecule has 1 fully saturated rings. The van der Waals surface area contributed by atoms with Crippen LogP contribution in [0.2, 0.25) is 0 Å². The zero-order valence-corrected chi connectivity index (χ0v) is 15.2. The molecule has 0 aromatic heterocycles. The molecule has 0 spiro atoms. The molecule has 1 saturated heterocycles. The number of hydrogen-bond acceptors (Lipinski definition) is 6. The monoisotopic (exact) mass is 369 g/mol. The second-order valence-corrected chi connectivity index (χ2v) is 6.79. The second kappa shape index (κ2) is 8.28. The summed E-state index contributed by atoms with van der Waals surface area (Å²) in [7, 11) is 0. The first kappa shape index (κ1) is 19.0. The fraction of sp³-hybridized carbons (Fsp3) is 0.350. The van der Waals surface area contributed by atoms with Gasteiger partial charge in [-0.15, -0.1) is 0 Å². The first-order valence-corrected chi connectivity index (χ1v) is 8.99. The number of benzene rings is 2. The molecule has 2 aromatic rings. The van der Waals surface area contributed by atoms with Crippen molar-refractivity contribution in [1.82, 2.24) is 4.90 Å². The molecule has 1 heterocycles. The molecule has 0 amide bonds. The molecule has 1 aliphatic heterocycles. The number of β-amino-alcohol motifs (C(OH)–C–C–N with tert-alkyl or cyclic N) is 1. The van der Waals surface area contributed by atoms with E-state index in [0.29, 0.717) is 36.4 Å². The first-order chi connectivity index (χ1) is 13.0. The van der Waals surface area contributed by atoms with Crippen molar-refractivity contribution in [3.05, 3.63) is 69.8 Å². The first-order valence-electron chi connectivity index (χ1n) is 8.99. The lowest BCUT2D eigenvalue weighted by molar-refractivity contribution is -0.384. The van der Waals surface area contributed by atoms with Crippen LogP contribution in [0.5, 0.6) is 0 Å². The predicted octanol–water partition coefficient (Wildman–Crippen LogP) is 2.33. The number of nitrogens with zero attached hydrogens (tertiary/aromatic N) is 3. The number of piperazine rings is 1. The van der Waals surface area contributed by atoms with Gasteiger partial charge in [-0.2, -0.15) is 0 Å². The summed E-state index contributed by atoms with van der Waals surface area (Å²) in [5, 5.41) is 21.1. The van der Waals surface area contributed by atoms with Crippen molar-refractivity contribution in [2.75, 3.05) is 37.6 Å². The molecule has 7 nitrogen and oxygen atoms in total. The van der Waals surface area contributed by atoms with E-state index in [-0.39, 0.29) is 11.5 Å². The van der Waals surface area contributed by atoms with E-state index in [0.717, 1.165) is 13.1 Å². The summed E-state index contributed by atoms with van der Waals surface area (Å²) in [6, 6.07) is 13.4. The van der Waals surface area contributed by atoms with Gasteiger partial charge < -0.3 is 10.0 Å². The summed E-state index contributed by atoms with van der Waals surface area (Å²) in [4.78, 5) is 27.9. The number of nitro groups is 1. The molecule has 142 valence electrons. The van der Waals surface area contributed by atoms with Gasteiger partial charge in [-0.1, -0.05) is 30.3 Å². The fourth-order valence-corrected chi connectivity index (χ4v) is 3.38. The van der Waals surface area contributed by atoms with Crippen LogP contribution in [-0.2, 0) is 0 Å². The van der Waals surface area contributed by atoms with Gasteiger partial charge in [0.2, 0.25) is 0 Å². The summed E-state index contributed by atoms with van der Waals surface area (Å²) < 4.78 is 0. The van der Waals surface area contributed by atoms with E-state index in [1.54, 1.807) is 43.3 Å². The van der Waals surface area contributed by atoms with Gasteiger partial charge in [0.15, 0.2) is 5.78 Å². The van der Waals surface area contributed by atoms with Crippen molar-refractivity contribution in [3.8, 4) is 0 Å². The quantitative estimate of drug-likeness (QED) is 0.478. The molecular weight excluding hydrogens is 346 g/mol. The van der Waals surface area contributed by atoms with E-state index in [4.69, 9.17) is 0 Å². The molecule has 1 aliphatic rings. The van der Waals surface area contributed by atoms with Crippen molar-refractivity contribution in [2.45, 2.75) is 13.0 Å². The fourth-order valence-electron chi connectivity index (χ4n) is 3.38. The molecule has 27 heavy (non-hydrogen) atoms. The van der Waals surface area contributed by atoms with Gasteiger partial charge in [0.05, 0.1) is 11.0 Å². The summed E-state index contributed by atoms with van der Waals surface area (Å²) >= 11 is 0. The Balaban J connectivity index is 1.81. The smallest absolute Gasteiger partial charge is 0.293 e.